The lowest BCUT2D eigenvalue weighted by atomic mass is 10.1. The molecular formula is C8H20N2. The second-order valence-corrected chi connectivity index (χ2v) is 3.27. The molecule has 1 atom stereocenters. The van der Waals surface area contributed by atoms with Crippen LogP contribution in [-0.4, -0.2) is 19.1 Å². The zero-order chi connectivity index (χ0) is 7.98. The molecule has 62 valence electrons. The molecule has 0 radical (unpaired) electrons. The van der Waals surface area contributed by atoms with Gasteiger partial charge < -0.3 is 11.1 Å². The Bertz CT molecular complexity index is 71.7. The molecule has 3 N–H and O–H groups in total. The number of nitrogens with one attached hydrogen (secondary N) is 1. The van der Waals surface area contributed by atoms with E-state index >= 15 is 0 Å². The fourth-order valence-corrected chi connectivity index (χ4v) is 0.702. The quantitative estimate of drug-likeness (QED) is 0.603. The summed E-state index contributed by atoms with van der Waals surface area (Å²) in [5.74, 6) is 0.789. The molecule has 2 heteroatoms. The number of rotatable bonds is 5. The highest BCUT2D eigenvalue weighted by Crippen LogP contribution is 1.96. The molecule has 10 heavy (non-hydrogen) atoms. The monoisotopic (exact) mass is 144 g/mol. The second-order valence-electron chi connectivity index (χ2n) is 3.27. The molecule has 0 heterocycles. The first-order valence-electron chi connectivity index (χ1n) is 4.10. The van der Waals surface area contributed by atoms with Crippen LogP contribution in [0.4, 0.5) is 0 Å². The van der Waals surface area contributed by atoms with Crippen molar-refractivity contribution in [3.05, 3.63) is 0 Å². The van der Waals surface area contributed by atoms with Gasteiger partial charge in [-0.05, 0) is 25.8 Å². The van der Waals surface area contributed by atoms with E-state index in [1.165, 1.54) is 6.42 Å². The van der Waals surface area contributed by atoms with Gasteiger partial charge in [-0.15, -0.1) is 0 Å². The predicted molar refractivity (Wildman–Crippen MR) is 46.0 cm³/mol. The van der Waals surface area contributed by atoms with Crippen LogP contribution in [0.25, 0.3) is 0 Å². The van der Waals surface area contributed by atoms with Crippen LogP contribution in [0, 0.1) is 5.92 Å². The summed E-state index contributed by atoms with van der Waals surface area (Å²) < 4.78 is 0. The Morgan fingerprint density at radius 2 is 1.90 bits per heavy atom. The molecule has 0 spiro atoms. The summed E-state index contributed by atoms with van der Waals surface area (Å²) in [4.78, 5) is 0. The summed E-state index contributed by atoms with van der Waals surface area (Å²) in [7, 11) is 0. The maximum atomic E-state index is 5.43. The fourth-order valence-electron chi connectivity index (χ4n) is 0.702. The Balaban J connectivity index is 3.03. The van der Waals surface area contributed by atoms with Crippen molar-refractivity contribution < 1.29 is 0 Å². The highest BCUT2D eigenvalue weighted by atomic mass is 14.9. The van der Waals surface area contributed by atoms with Crippen LogP contribution in [0.3, 0.4) is 0 Å². The molecule has 0 saturated carbocycles. The Kier molecular flexibility index (Phi) is 5.64. The SMILES string of the molecule is CC(C)CCN[C@H](C)CN. The molecule has 0 bridgehead atoms. The van der Waals surface area contributed by atoms with E-state index < -0.39 is 0 Å². The van der Waals surface area contributed by atoms with Crippen LogP contribution >= 0.6 is 0 Å². The van der Waals surface area contributed by atoms with Gasteiger partial charge in [-0.3, -0.25) is 0 Å². The van der Waals surface area contributed by atoms with Crippen molar-refractivity contribution in [3.63, 3.8) is 0 Å². The average molecular weight is 144 g/mol. The number of hydrogen-bond acceptors (Lipinski definition) is 2. The van der Waals surface area contributed by atoms with Crippen LogP contribution in [0.5, 0.6) is 0 Å². The van der Waals surface area contributed by atoms with Crippen LogP contribution in [0.2, 0.25) is 0 Å². The maximum absolute atomic E-state index is 5.43. The second kappa shape index (κ2) is 5.69. The van der Waals surface area contributed by atoms with Gasteiger partial charge in [0.05, 0.1) is 0 Å². The van der Waals surface area contributed by atoms with E-state index in [1.54, 1.807) is 0 Å². The lowest BCUT2D eigenvalue weighted by molar-refractivity contribution is 0.491. The summed E-state index contributed by atoms with van der Waals surface area (Å²) in [6.07, 6.45) is 1.24. The largest absolute Gasteiger partial charge is 0.329 e. The van der Waals surface area contributed by atoms with Crippen molar-refractivity contribution >= 4 is 0 Å². The van der Waals surface area contributed by atoms with Crippen molar-refractivity contribution in [2.24, 2.45) is 11.7 Å². The zero-order valence-corrected chi connectivity index (χ0v) is 7.35. The lowest BCUT2D eigenvalue weighted by Crippen LogP contribution is -2.34. The molecule has 0 aromatic heterocycles. The third kappa shape index (κ3) is 6.05. The van der Waals surface area contributed by atoms with Gasteiger partial charge >= 0.3 is 0 Å². The summed E-state index contributed by atoms with van der Waals surface area (Å²) >= 11 is 0. The van der Waals surface area contributed by atoms with Gasteiger partial charge in [0.2, 0.25) is 0 Å². The molecule has 0 aliphatic carbocycles. The van der Waals surface area contributed by atoms with E-state index in [9.17, 15) is 0 Å². The van der Waals surface area contributed by atoms with Crippen molar-refractivity contribution in [1.82, 2.24) is 5.32 Å². The van der Waals surface area contributed by atoms with Gasteiger partial charge in [0.1, 0.15) is 0 Å². The average Bonchev–Trinajstić information content (AvgIpc) is 1.87. The lowest BCUT2D eigenvalue weighted by Gasteiger charge is -2.11. The standard InChI is InChI=1S/C8H20N2/c1-7(2)4-5-10-8(3)6-9/h7-8,10H,4-6,9H2,1-3H3/t8-/m1/s1. The van der Waals surface area contributed by atoms with Crippen molar-refractivity contribution in [1.29, 1.82) is 0 Å². The normalized spacial score (nSPS) is 14.1. The minimum Gasteiger partial charge on any atom is -0.329 e. The van der Waals surface area contributed by atoms with E-state index in [0.717, 1.165) is 19.0 Å². The van der Waals surface area contributed by atoms with Gasteiger partial charge in [-0.1, -0.05) is 13.8 Å². The van der Waals surface area contributed by atoms with Gasteiger partial charge in [0.25, 0.3) is 0 Å². The van der Waals surface area contributed by atoms with E-state index in [1.807, 2.05) is 0 Å². The predicted octanol–water partition coefficient (Wildman–Crippen LogP) is 0.969. The molecule has 0 aromatic carbocycles. The minimum atomic E-state index is 0.471. The smallest absolute Gasteiger partial charge is 0.0161 e. The number of hydrogen-bond donors (Lipinski definition) is 2. The highest BCUT2D eigenvalue weighted by molar-refractivity contribution is 4.60. The van der Waals surface area contributed by atoms with Crippen molar-refractivity contribution in [2.45, 2.75) is 33.2 Å². The first-order chi connectivity index (χ1) is 4.66. The summed E-state index contributed by atoms with van der Waals surface area (Å²) in [5.41, 5.74) is 5.43. The number of nitrogens with two attached hydrogens (primary N) is 1. The summed E-state index contributed by atoms with van der Waals surface area (Å²) in [5, 5.41) is 3.34. The maximum Gasteiger partial charge on any atom is 0.0161 e. The van der Waals surface area contributed by atoms with Crippen LogP contribution in [-0.2, 0) is 0 Å². The Labute approximate surface area is 64.2 Å². The van der Waals surface area contributed by atoms with E-state index in [2.05, 4.69) is 26.1 Å². The minimum absolute atomic E-state index is 0.471. The molecule has 0 amide bonds. The van der Waals surface area contributed by atoms with Crippen LogP contribution < -0.4 is 11.1 Å². The Morgan fingerprint density at radius 3 is 2.30 bits per heavy atom. The zero-order valence-electron chi connectivity index (χ0n) is 7.35. The van der Waals surface area contributed by atoms with Gasteiger partial charge in [0.15, 0.2) is 0 Å². The molecule has 0 unspecified atom stereocenters. The van der Waals surface area contributed by atoms with Gasteiger partial charge in [-0.2, -0.15) is 0 Å². The van der Waals surface area contributed by atoms with Gasteiger partial charge in [-0.25, -0.2) is 0 Å². The van der Waals surface area contributed by atoms with Crippen molar-refractivity contribution in [3.8, 4) is 0 Å². The summed E-state index contributed by atoms with van der Waals surface area (Å²) in [6, 6.07) is 0.471. The topological polar surface area (TPSA) is 38.0 Å². The van der Waals surface area contributed by atoms with Gasteiger partial charge in [0, 0.05) is 12.6 Å². The molecule has 2 nitrogen and oxygen atoms in total. The Hall–Kier alpha value is -0.0800. The molecule has 0 aliphatic heterocycles. The molecule has 0 fully saturated rings. The fraction of sp³-hybridized carbons (Fsp3) is 1.00. The van der Waals surface area contributed by atoms with E-state index in [0.29, 0.717) is 6.04 Å². The first-order valence-corrected chi connectivity index (χ1v) is 4.10. The third-order valence-electron chi connectivity index (χ3n) is 1.57. The highest BCUT2D eigenvalue weighted by Gasteiger charge is 1.97. The molecule has 0 saturated heterocycles. The van der Waals surface area contributed by atoms with Crippen LogP contribution in [0.1, 0.15) is 27.2 Å². The summed E-state index contributed by atoms with van der Waals surface area (Å²) in [6.45, 7) is 8.40. The van der Waals surface area contributed by atoms with E-state index in [4.69, 9.17) is 5.73 Å². The first kappa shape index (κ1) is 9.92. The van der Waals surface area contributed by atoms with Crippen LogP contribution in [0.15, 0.2) is 0 Å². The van der Waals surface area contributed by atoms with E-state index in [-0.39, 0.29) is 0 Å². The molecular weight excluding hydrogens is 124 g/mol. The molecule has 0 aliphatic rings. The molecule has 0 rings (SSSR count). The Morgan fingerprint density at radius 1 is 1.30 bits per heavy atom. The van der Waals surface area contributed by atoms with Crippen molar-refractivity contribution in [2.75, 3.05) is 13.1 Å². The third-order valence-corrected chi connectivity index (χ3v) is 1.57. The molecule has 0 aromatic rings.